The number of imide groups is 1. The van der Waals surface area contributed by atoms with E-state index in [1.807, 2.05) is 39.0 Å². The van der Waals surface area contributed by atoms with Gasteiger partial charge in [0, 0.05) is 15.6 Å². The van der Waals surface area contributed by atoms with E-state index in [9.17, 15) is 9.59 Å². The molecule has 0 spiro atoms. The first-order chi connectivity index (χ1) is 21.2. The summed E-state index contributed by atoms with van der Waals surface area (Å²) in [5.74, 6) is 1.48. The van der Waals surface area contributed by atoms with Crippen molar-refractivity contribution < 1.29 is 28.2 Å². The highest BCUT2D eigenvalue weighted by Crippen LogP contribution is 2.44. The van der Waals surface area contributed by atoms with Gasteiger partial charge in [-0.25, -0.2) is 4.79 Å². The van der Waals surface area contributed by atoms with Gasteiger partial charge in [-0.05, 0) is 87.5 Å². The van der Waals surface area contributed by atoms with Crippen molar-refractivity contribution in [1.82, 2.24) is 5.32 Å². The van der Waals surface area contributed by atoms with Gasteiger partial charge in [-0.15, -0.1) is 0 Å². The molecule has 3 amide bonds. The molecular weight excluding hydrogens is 623 g/mol. The number of para-hydroxylation sites is 1. The van der Waals surface area contributed by atoms with Crippen LogP contribution in [0.15, 0.2) is 99.3 Å². The molecular formula is C33H28Cl2N2O6S. The maximum Gasteiger partial charge on any atom is 0.326 e. The fourth-order valence-corrected chi connectivity index (χ4v) is 5.70. The normalized spacial score (nSPS) is 11.0. The van der Waals surface area contributed by atoms with Gasteiger partial charge < -0.3 is 23.9 Å². The Morgan fingerprint density at radius 1 is 0.909 bits per heavy atom. The molecule has 5 aromatic rings. The number of furan rings is 1. The first kappa shape index (κ1) is 31.1. The summed E-state index contributed by atoms with van der Waals surface area (Å²) < 4.78 is 23.5. The number of urea groups is 1. The van der Waals surface area contributed by atoms with E-state index in [4.69, 9.17) is 41.8 Å². The van der Waals surface area contributed by atoms with Crippen LogP contribution in [-0.2, 0) is 0 Å². The minimum absolute atomic E-state index is 0.0610. The zero-order valence-electron chi connectivity index (χ0n) is 24.0. The molecule has 2 N–H and O–H groups in total. The molecule has 1 heterocycles. The first-order valence-electron chi connectivity index (χ1n) is 13.7. The molecule has 11 heteroatoms. The molecule has 0 unspecified atom stereocenters. The van der Waals surface area contributed by atoms with Crippen molar-refractivity contribution in [2.75, 3.05) is 11.9 Å². The van der Waals surface area contributed by atoms with Crippen LogP contribution in [0.1, 0.15) is 31.1 Å². The van der Waals surface area contributed by atoms with Crippen molar-refractivity contribution in [1.29, 1.82) is 0 Å². The van der Waals surface area contributed by atoms with Crippen LogP contribution in [0.2, 0.25) is 10.0 Å². The number of carbonyl (C=O) groups is 2. The zero-order chi connectivity index (χ0) is 31.2. The first-order valence-corrected chi connectivity index (χ1v) is 15.2. The predicted molar refractivity (Wildman–Crippen MR) is 173 cm³/mol. The quantitative estimate of drug-likeness (QED) is 0.155. The van der Waals surface area contributed by atoms with Gasteiger partial charge in [0.05, 0.1) is 33.6 Å². The Bertz CT molecular complexity index is 1810. The second kappa shape index (κ2) is 14.0. The molecule has 0 radical (unpaired) electrons. The van der Waals surface area contributed by atoms with Crippen molar-refractivity contribution in [3.63, 3.8) is 0 Å². The van der Waals surface area contributed by atoms with Gasteiger partial charge >= 0.3 is 6.03 Å². The van der Waals surface area contributed by atoms with Crippen LogP contribution in [0.5, 0.6) is 23.0 Å². The summed E-state index contributed by atoms with van der Waals surface area (Å²) in [4.78, 5) is 26.7. The lowest BCUT2D eigenvalue weighted by Gasteiger charge is -2.12. The summed E-state index contributed by atoms with van der Waals surface area (Å²) >= 11 is 14.0. The number of hydrogen-bond donors (Lipinski definition) is 2. The highest BCUT2D eigenvalue weighted by Gasteiger charge is 2.18. The van der Waals surface area contributed by atoms with Crippen LogP contribution in [-0.4, -0.2) is 24.6 Å². The monoisotopic (exact) mass is 650 g/mol. The van der Waals surface area contributed by atoms with Crippen molar-refractivity contribution in [2.24, 2.45) is 0 Å². The molecule has 4 aromatic carbocycles. The summed E-state index contributed by atoms with van der Waals surface area (Å²) in [5, 5.41) is 6.78. The van der Waals surface area contributed by atoms with E-state index in [1.165, 1.54) is 11.8 Å². The second-order valence-electron chi connectivity index (χ2n) is 9.71. The zero-order valence-corrected chi connectivity index (χ0v) is 26.3. The van der Waals surface area contributed by atoms with E-state index >= 15 is 0 Å². The van der Waals surface area contributed by atoms with Gasteiger partial charge in [-0.2, -0.15) is 0 Å². The molecule has 0 aliphatic carbocycles. The Hall–Kier alpha value is -4.31. The molecule has 0 saturated carbocycles. The van der Waals surface area contributed by atoms with Gasteiger partial charge in [0.1, 0.15) is 23.5 Å². The number of halogens is 2. The summed E-state index contributed by atoms with van der Waals surface area (Å²) in [6.07, 6.45) is 1.52. The maximum absolute atomic E-state index is 12.6. The standard InChI is InChI=1S/C33H28Cl2N2O6S/c1-4-40-27-8-6-5-7-24(27)32(38)37-33(39)36-21-10-12-22(13-11-21)43-23-16-25-28(42-19(2)3)18-41-31(25)30(17-23)44-29-14-9-20(34)15-26(29)35/h5-19H,4H2,1-3H3,(H2,36,37,38,39). The topological polar surface area (TPSA) is 99.0 Å². The number of rotatable bonds is 10. The van der Waals surface area contributed by atoms with Crippen molar-refractivity contribution >= 4 is 63.6 Å². The lowest BCUT2D eigenvalue weighted by atomic mass is 10.2. The number of ether oxygens (including phenoxy) is 3. The molecule has 5 rings (SSSR count). The third-order valence-corrected chi connectivity index (χ3v) is 7.82. The lowest BCUT2D eigenvalue weighted by Crippen LogP contribution is -2.34. The summed E-state index contributed by atoms with van der Waals surface area (Å²) in [7, 11) is 0. The van der Waals surface area contributed by atoms with Gasteiger partial charge in [-0.1, -0.05) is 47.1 Å². The SMILES string of the molecule is CCOc1ccccc1C(=O)NC(=O)Nc1ccc(Oc2cc(Sc3ccc(Cl)cc3Cl)c3occ(OC(C)C)c3c2)cc1. The van der Waals surface area contributed by atoms with E-state index < -0.39 is 11.9 Å². The molecule has 8 nitrogen and oxygen atoms in total. The fraction of sp³-hybridized carbons (Fsp3) is 0.152. The summed E-state index contributed by atoms with van der Waals surface area (Å²) in [5.41, 5.74) is 1.36. The Balaban J connectivity index is 1.32. The van der Waals surface area contributed by atoms with Crippen molar-refractivity contribution in [3.05, 3.63) is 101 Å². The van der Waals surface area contributed by atoms with Gasteiger partial charge in [0.15, 0.2) is 11.3 Å². The number of nitrogens with one attached hydrogen (secondary N) is 2. The van der Waals surface area contributed by atoms with E-state index in [0.717, 1.165) is 15.2 Å². The minimum Gasteiger partial charge on any atom is -0.493 e. The smallest absolute Gasteiger partial charge is 0.326 e. The van der Waals surface area contributed by atoms with Crippen LogP contribution in [0.3, 0.4) is 0 Å². The highest BCUT2D eigenvalue weighted by molar-refractivity contribution is 7.99. The molecule has 44 heavy (non-hydrogen) atoms. The molecule has 0 bridgehead atoms. The lowest BCUT2D eigenvalue weighted by molar-refractivity contribution is 0.0963. The van der Waals surface area contributed by atoms with Crippen molar-refractivity contribution in [2.45, 2.75) is 36.7 Å². The van der Waals surface area contributed by atoms with Gasteiger partial charge in [0.2, 0.25) is 0 Å². The highest BCUT2D eigenvalue weighted by atomic mass is 35.5. The largest absolute Gasteiger partial charge is 0.493 e. The number of anilines is 1. The molecule has 0 aliphatic rings. The van der Waals surface area contributed by atoms with Gasteiger partial charge in [0.25, 0.3) is 5.91 Å². The average Bonchev–Trinajstić information content (AvgIpc) is 3.38. The minimum atomic E-state index is -0.680. The fourth-order valence-electron chi connectivity index (χ4n) is 4.22. The Morgan fingerprint density at radius 2 is 1.68 bits per heavy atom. The average molecular weight is 652 g/mol. The maximum atomic E-state index is 12.6. The van der Waals surface area contributed by atoms with E-state index in [2.05, 4.69) is 10.6 Å². The summed E-state index contributed by atoms with van der Waals surface area (Å²) in [6.45, 7) is 6.09. The third-order valence-electron chi connectivity index (χ3n) is 6.06. The molecule has 226 valence electrons. The Kier molecular flexibility index (Phi) is 9.89. The number of carbonyl (C=O) groups excluding carboxylic acids is 2. The number of hydrogen-bond acceptors (Lipinski definition) is 7. The molecule has 0 atom stereocenters. The molecule has 0 saturated heterocycles. The second-order valence-corrected chi connectivity index (χ2v) is 11.6. The molecule has 1 aromatic heterocycles. The Morgan fingerprint density at radius 3 is 2.41 bits per heavy atom. The Labute approximate surface area is 268 Å². The van der Waals surface area contributed by atoms with E-state index in [1.54, 1.807) is 66.9 Å². The molecule has 0 fully saturated rings. The van der Waals surface area contributed by atoms with Crippen LogP contribution in [0, 0.1) is 0 Å². The number of amides is 3. The van der Waals surface area contributed by atoms with E-state index in [0.29, 0.717) is 50.9 Å². The van der Waals surface area contributed by atoms with Gasteiger partial charge in [-0.3, -0.25) is 10.1 Å². The third kappa shape index (κ3) is 7.60. The molecule has 0 aliphatic heterocycles. The number of benzene rings is 4. The predicted octanol–water partition coefficient (Wildman–Crippen LogP) is 9.83. The van der Waals surface area contributed by atoms with Crippen LogP contribution >= 0.6 is 35.0 Å². The van der Waals surface area contributed by atoms with Crippen LogP contribution < -0.4 is 24.8 Å². The van der Waals surface area contributed by atoms with E-state index in [-0.39, 0.29) is 11.7 Å². The van der Waals surface area contributed by atoms with Crippen molar-refractivity contribution in [3.8, 4) is 23.0 Å². The van der Waals surface area contributed by atoms with Crippen LogP contribution in [0.25, 0.3) is 11.0 Å². The summed E-state index contributed by atoms with van der Waals surface area (Å²) in [6, 6.07) is 21.8. The van der Waals surface area contributed by atoms with Crippen LogP contribution in [0.4, 0.5) is 10.5 Å². The number of fused-ring (bicyclic) bond motifs is 1.